The molecule has 0 saturated carbocycles. The van der Waals surface area contributed by atoms with E-state index in [1.165, 1.54) is 11.3 Å². The fraction of sp³-hybridized carbons (Fsp3) is 0.500. The van der Waals surface area contributed by atoms with Gasteiger partial charge >= 0.3 is 0 Å². The third kappa shape index (κ3) is 3.32. The van der Waals surface area contributed by atoms with Gasteiger partial charge in [-0.1, -0.05) is 11.6 Å². The van der Waals surface area contributed by atoms with Gasteiger partial charge in [0.25, 0.3) is 0 Å². The Balaban J connectivity index is 2.24. The maximum Gasteiger partial charge on any atom is 0.240 e. The molecule has 1 aromatic rings. The normalized spacial score (nSPS) is 10.7. The predicted molar refractivity (Wildman–Crippen MR) is 46.2 cm³/mol. The Morgan fingerprint density at radius 3 is 2.92 bits per heavy atom. The van der Waals surface area contributed by atoms with Crippen molar-refractivity contribution < 1.29 is 8.78 Å². The zero-order valence-electron chi connectivity index (χ0n) is 6.06. The Labute approximate surface area is 77.6 Å². The number of alkyl halides is 2. The van der Waals surface area contributed by atoms with Crippen molar-refractivity contribution in [3.05, 3.63) is 10.5 Å². The Kier molecular flexibility index (Phi) is 3.68. The topological polar surface area (TPSA) is 24.9 Å². The number of nitrogens with zero attached hydrogens (tertiary/aromatic N) is 1. The average Bonchev–Trinajstić information content (AvgIpc) is 2.35. The lowest BCUT2D eigenvalue weighted by molar-refractivity contribution is 0.142. The lowest BCUT2D eigenvalue weighted by Crippen LogP contribution is -2.05. The van der Waals surface area contributed by atoms with E-state index in [2.05, 4.69) is 10.3 Å². The molecular formula is C6H7ClF2N2S. The first-order chi connectivity index (χ1) is 5.68. The van der Waals surface area contributed by atoms with Crippen molar-refractivity contribution in [1.29, 1.82) is 0 Å². The van der Waals surface area contributed by atoms with Crippen LogP contribution in [0.2, 0.25) is 5.15 Å². The number of hydrogen-bond donors (Lipinski definition) is 1. The lowest BCUT2D eigenvalue weighted by atomic mass is 10.4. The van der Waals surface area contributed by atoms with E-state index in [1.54, 1.807) is 5.38 Å². The molecule has 1 rings (SSSR count). The molecule has 0 amide bonds. The second-order valence-corrected chi connectivity index (χ2v) is 3.33. The Morgan fingerprint density at radius 1 is 1.67 bits per heavy atom. The second kappa shape index (κ2) is 4.57. The highest BCUT2D eigenvalue weighted by molar-refractivity contribution is 7.14. The van der Waals surface area contributed by atoms with Gasteiger partial charge in [-0.15, -0.1) is 11.3 Å². The van der Waals surface area contributed by atoms with Crippen LogP contribution < -0.4 is 5.32 Å². The van der Waals surface area contributed by atoms with Crippen LogP contribution in [-0.4, -0.2) is 18.0 Å². The summed E-state index contributed by atoms with van der Waals surface area (Å²) in [4.78, 5) is 3.84. The third-order valence-electron chi connectivity index (χ3n) is 1.11. The van der Waals surface area contributed by atoms with Crippen molar-refractivity contribution in [2.45, 2.75) is 12.8 Å². The molecule has 0 fully saturated rings. The van der Waals surface area contributed by atoms with Crippen molar-refractivity contribution in [2.75, 3.05) is 11.9 Å². The maximum absolute atomic E-state index is 11.7. The van der Waals surface area contributed by atoms with Crippen LogP contribution >= 0.6 is 22.9 Å². The van der Waals surface area contributed by atoms with Gasteiger partial charge in [0.05, 0.1) is 0 Å². The summed E-state index contributed by atoms with van der Waals surface area (Å²) in [5, 5.41) is 5.36. The molecule has 68 valence electrons. The fourth-order valence-corrected chi connectivity index (χ4v) is 1.49. The summed E-state index contributed by atoms with van der Waals surface area (Å²) in [5.74, 6) is 0. The van der Waals surface area contributed by atoms with Gasteiger partial charge in [0.15, 0.2) is 5.13 Å². The first kappa shape index (κ1) is 9.67. The first-order valence-corrected chi connectivity index (χ1v) is 4.57. The van der Waals surface area contributed by atoms with Gasteiger partial charge in [0.2, 0.25) is 6.43 Å². The number of hydrogen-bond acceptors (Lipinski definition) is 3. The summed E-state index contributed by atoms with van der Waals surface area (Å²) in [6, 6.07) is 0. The molecule has 0 spiro atoms. The van der Waals surface area contributed by atoms with Crippen LogP contribution in [0.1, 0.15) is 6.42 Å². The molecule has 0 aromatic carbocycles. The van der Waals surface area contributed by atoms with Crippen molar-refractivity contribution in [1.82, 2.24) is 4.98 Å². The molecule has 0 aliphatic rings. The van der Waals surface area contributed by atoms with Gasteiger partial charge in [-0.05, 0) is 0 Å². The maximum atomic E-state index is 11.7. The van der Waals surface area contributed by atoms with E-state index >= 15 is 0 Å². The van der Waals surface area contributed by atoms with E-state index in [1.807, 2.05) is 0 Å². The van der Waals surface area contributed by atoms with E-state index in [4.69, 9.17) is 11.6 Å². The average molecular weight is 213 g/mol. The molecule has 2 nitrogen and oxygen atoms in total. The summed E-state index contributed by atoms with van der Waals surface area (Å²) >= 11 is 6.82. The molecule has 1 N–H and O–H groups in total. The SMILES string of the molecule is FC(F)CCNc1nc(Cl)cs1. The molecule has 6 heteroatoms. The molecule has 0 atom stereocenters. The predicted octanol–water partition coefficient (Wildman–Crippen LogP) is 2.86. The molecule has 0 saturated heterocycles. The number of rotatable bonds is 4. The van der Waals surface area contributed by atoms with Crippen LogP contribution in [0.3, 0.4) is 0 Å². The molecule has 1 heterocycles. The standard InChI is InChI=1S/C6H7ClF2N2S/c7-4-3-12-6(11-4)10-2-1-5(8)9/h3,5H,1-2H2,(H,10,11). The minimum Gasteiger partial charge on any atom is -0.361 e. The highest BCUT2D eigenvalue weighted by Crippen LogP contribution is 2.18. The number of thiazole rings is 1. The number of halogens is 3. The van der Waals surface area contributed by atoms with Crippen LogP contribution in [0.15, 0.2) is 5.38 Å². The molecule has 0 bridgehead atoms. The molecule has 0 aliphatic heterocycles. The minimum atomic E-state index is -2.27. The van der Waals surface area contributed by atoms with Gasteiger partial charge in [-0.3, -0.25) is 0 Å². The van der Waals surface area contributed by atoms with Crippen LogP contribution in [-0.2, 0) is 0 Å². The molecule has 0 aliphatic carbocycles. The summed E-state index contributed by atoms with van der Waals surface area (Å²) in [6.07, 6.45) is -2.44. The minimum absolute atomic E-state index is 0.169. The zero-order valence-corrected chi connectivity index (χ0v) is 7.63. The van der Waals surface area contributed by atoms with Gasteiger partial charge in [0.1, 0.15) is 5.15 Å². The quantitative estimate of drug-likeness (QED) is 0.830. The van der Waals surface area contributed by atoms with Crippen LogP contribution in [0.25, 0.3) is 0 Å². The van der Waals surface area contributed by atoms with Crippen molar-refractivity contribution in [3.63, 3.8) is 0 Å². The monoisotopic (exact) mass is 212 g/mol. The summed E-state index contributed by atoms with van der Waals surface area (Å²) in [6.45, 7) is 0.224. The van der Waals surface area contributed by atoms with Gasteiger partial charge < -0.3 is 5.32 Å². The molecule has 1 aromatic heterocycles. The fourth-order valence-electron chi connectivity index (χ4n) is 0.624. The highest BCUT2D eigenvalue weighted by atomic mass is 35.5. The molecule has 0 radical (unpaired) electrons. The van der Waals surface area contributed by atoms with Crippen LogP contribution in [0.4, 0.5) is 13.9 Å². The van der Waals surface area contributed by atoms with Crippen LogP contribution in [0.5, 0.6) is 0 Å². The smallest absolute Gasteiger partial charge is 0.240 e. The van der Waals surface area contributed by atoms with Crippen molar-refractivity contribution in [2.24, 2.45) is 0 Å². The first-order valence-electron chi connectivity index (χ1n) is 3.31. The Bertz CT molecular complexity index is 241. The Hall–Kier alpha value is -0.420. The van der Waals surface area contributed by atoms with Crippen LogP contribution in [0, 0.1) is 0 Å². The van der Waals surface area contributed by atoms with E-state index in [-0.39, 0.29) is 13.0 Å². The van der Waals surface area contributed by atoms with E-state index in [0.29, 0.717) is 10.3 Å². The summed E-state index contributed by atoms with van der Waals surface area (Å²) < 4.78 is 23.3. The second-order valence-electron chi connectivity index (χ2n) is 2.08. The highest BCUT2D eigenvalue weighted by Gasteiger charge is 2.02. The number of aromatic nitrogens is 1. The van der Waals surface area contributed by atoms with E-state index in [9.17, 15) is 8.78 Å². The van der Waals surface area contributed by atoms with Gasteiger partial charge in [-0.2, -0.15) is 0 Å². The molecule has 0 unspecified atom stereocenters. The number of nitrogens with one attached hydrogen (secondary N) is 1. The molecular weight excluding hydrogens is 206 g/mol. The largest absolute Gasteiger partial charge is 0.361 e. The van der Waals surface area contributed by atoms with E-state index in [0.717, 1.165) is 0 Å². The summed E-state index contributed by atoms with van der Waals surface area (Å²) in [7, 11) is 0. The zero-order chi connectivity index (χ0) is 8.97. The molecule has 12 heavy (non-hydrogen) atoms. The lowest BCUT2D eigenvalue weighted by Gasteiger charge is -2.00. The van der Waals surface area contributed by atoms with Crippen molar-refractivity contribution in [3.8, 4) is 0 Å². The number of anilines is 1. The summed E-state index contributed by atoms with van der Waals surface area (Å²) in [5.41, 5.74) is 0. The van der Waals surface area contributed by atoms with E-state index < -0.39 is 6.43 Å². The third-order valence-corrected chi connectivity index (χ3v) is 2.24. The van der Waals surface area contributed by atoms with Crippen molar-refractivity contribution >= 4 is 28.1 Å². The van der Waals surface area contributed by atoms with Gasteiger partial charge in [-0.25, -0.2) is 13.8 Å². The Morgan fingerprint density at radius 2 is 2.42 bits per heavy atom. The van der Waals surface area contributed by atoms with Gasteiger partial charge in [0, 0.05) is 18.3 Å².